The molecule has 1 amide bonds. The first-order valence-corrected chi connectivity index (χ1v) is 7.31. The Kier molecular flexibility index (Phi) is 3.91. The lowest BCUT2D eigenvalue weighted by atomic mass is 10.1. The average Bonchev–Trinajstić information content (AvgIpc) is 3.33. The SMILES string of the molecule is Cc1ccc(NC(=O)OC(c2ccccc2)C2CC2)cc1. The average molecular weight is 281 g/mol. The highest BCUT2D eigenvalue weighted by atomic mass is 16.6. The predicted molar refractivity (Wildman–Crippen MR) is 83.2 cm³/mol. The Morgan fingerprint density at radius 1 is 1.10 bits per heavy atom. The van der Waals surface area contributed by atoms with Crippen LogP contribution in [0.5, 0.6) is 0 Å². The number of carbonyl (C=O) groups is 1. The fourth-order valence-electron chi connectivity index (χ4n) is 2.38. The number of benzene rings is 2. The maximum Gasteiger partial charge on any atom is 0.412 e. The number of rotatable bonds is 4. The minimum atomic E-state index is -0.389. The molecule has 3 nitrogen and oxygen atoms in total. The first-order valence-electron chi connectivity index (χ1n) is 7.31. The largest absolute Gasteiger partial charge is 0.441 e. The van der Waals surface area contributed by atoms with Gasteiger partial charge < -0.3 is 4.74 Å². The number of aryl methyl sites for hydroxylation is 1. The van der Waals surface area contributed by atoms with Crippen LogP contribution < -0.4 is 5.32 Å². The topological polar surface area (TPSA) is 38.3 Å². The fraction of sp³-hybridized carbons (Fsp3) is 0.278. The molecule has 0 bridgehead atoms. The van der Waals surface area contributed by atoms with Crippen LogP contribution in [0.3, 0.4) is 0 Å². The molecule has 1 atom stereocenters. The number of ether oxygens (including phenoxy) is 1. The van der Waals surface area contributed by atoms with Crippen molar-refractivity contribution in [3.8, 4) is 0 Å². The molecule has 3 heteroatoms. The van der Waals surface area contributed by atoms with Crippen molar-refractivity contribution in [1.82, 2.24) is 0 Å². The number of hydrogen-bond donors (Lipinski definition) is 1. The molecule has 1 saturated carbocycles. The summed E-state index contributed by atoms with van der Waals surface area (Å²) in [5, 5.41) is 2.79. The number of nitrogens with one attached hydrogen (secondary N) is 1. The number of hydrogen-bond acceptors (Lipinski definition) is 2. The molecule has 108 valence electrons. The smallest absolute Gasteiger partial charge is 0.412 e. The van der Waals surface area contributed by atoms with E-state index in [1.165, 1.54) is 0 Å². The van der Waals surface area contributed by atoms with E-state index in [0.717, 1.165) is 29.7 Å². The Balaban J connectivity index is 1.66. The molecule has 0 aromatic heterocycles. The zero-order valence-corrected chi connectivity index (χ0v) is 12.1. The zero-order valence-electron chi connectivity index (χ0n) is 12.1. The monoisotopic (exact) mass is 281 g/mol. The highest BCUT2D eigenvalue weighted by Crippen LogP contribution is 2.43. The molecule has 0 saturated heterocycles. The Bertz CT molecular complexity index is 603. The van der Waals surface area contributed by atoms with Crippen molar-refractivity contribution in [3.63, 3.8) is 0 Å². The van der Waals surface area contributed by atoms with Crippen LogP contribution in [0.15, 0.2) is 54.6 Å². The van der Waals surface area contributed by atoms with Crippen LogP contribution in [0.2, 0.25) is 0 Å². The van der Waals surface area contributed by atoms with Gasteiger partial charge in [-0.2, -0.15) is 0 Å². The van der Waals surface area contributed by atoms with Crippen molar-refractivity contribution in [2.45, 2.75) is 25.9 Å². The molecule has 2 aromatic rings. The van der Waals surface area contributed by atoms with Crippen LogP contribution in [0.25, 0.3) is 0 Å². The summed E-state index contributed by atoms with van der Waals surface area (Å²) in [4.78, 5) is 12.1. The molecule has 0 heterocycles. The van der Waals surface area contributed by atoms with Gasteiger partial charge in [0, 0.05) is 11.6 Å². The van der Waals surface area contributed by atoms with E-state index >= 15 is 0 Å². The van der Waals surface area contributed by atoms with Crippen LogP contribution in [0.1, 0.15) is 30.1 Å². The van der Waals surface area contributed by atoms with Crippen LogP contribution in [-0.4, -0.2) is 6.09 Å². The van der Waals surface area contributed by atoms with Gasteiger partial charge in [-0.05, 0) is 37.5 Å². The van der Waals surface area contributed by atoms with Crippen molar-refractivity contribution in [3.05, 3.63) is 65.7 Å². The van der Waals surface area contributed by atoms with Gasteiger partial charge in [-0.25, -0.2) is 4.79 Å². The summed E-state index contributed by atoms with van der Waals surface area (Å²) < 4.78 is 5.64. The van der Waals surface area contributed by atoms with Crippen molar-refractivity contribution in [2.75, 3.05) is 5.32 Å². The second kappa shape index (κ2) is 6.00. The summed E-state index contributed by atoms with van der Waals surface area (Å²) in [6, 6.07) is 17.6. The quantitative estimate of drug-likeness (QED) is 0.882. The molecule has 1 fully saturated rings. The van der Waals surface area contributed by atoms with Gasteiger partial charge in [0.15, 0.2) is 0 Å². The van der Waals surface area contributed by atoms with Gasteiger partial charge in [-0.3, -0.25) is 5.32 Å². The normalized spacial score (nSPS) is 15.3. The van der Waals surface area contributed by atoms with Crippen molar-refractivity contribution in [1.29, 1.82) is 0 Å². The molecule has 1 N–H and O–H groups in total. The molecule has 3 rings (SSSR count). The summed E-state index contributed by atoms with van der Waals surface area (Å²) in [6.45, 7) is 2.01. The van der Waals surface area contributed by atoms with Crippen LogP contribution in [0, 0.1) is 12.8 Å². The molecule has 1 unspecified atom stereocenters. The van der Waals surface area contributed by atoms with Gasteiger partial charge in [0.1, 0.15) is 6.10 Å². The Hall–Kier alpha value is -2.29. The fourth-order valence-corrected chi connectivity index (χ4v) is 2.38. The van der Waals surface area contributed by atoms with Crippen LogP contribution in [-0.2, 0) is 4.74 Å². The Morgan fingerprint density at radius 2 is 1.76 bits per heavy atom. The highest BCUT2D eigenvalue weighted by molar-refractivity contribution is 5.84. The van der Waals surface area contributed by atoms with Gasteiger partial charge in [0.05, 0.1) is 0 Å². The van der Waals surface area contributed by atoms with Gasteiger partial charge in [0.25, 0.3) is 0 Å². The number of carbonyl (C=O) groups excluding carboxylic acids is 1. The summed E-state index contributed by atoms with van der Waals surface area (Å²) in [6.07, 6.45) is 1.71. The number of amides is 1. The molecular formula is C18H19NO2. The van der Waals surface area contributed by atoms with E-state index < -0.39 is 0 Å². The Labute approximate surface area is 124 Å². The van der Waals surface area contributed by atoms with Gasteiger partial charge in [-0.15, -0.1) is 0 Å². The van der Waals surface area contributed by atoms with E-state index in [-0.39, 0.29) is 12.2 Å². The van der Waals surface area contributed by atoms with E-state index in [0.29, 0.717) is 5.92 Å². The summed E-state index contributed by atoms with van der Waals surface area (Å²) >= 11 is 0. The predicted octanol–water partition coefficient (Wildman–Crippen LogP) is 4.69. The first kappa shape index (κ1) is 13.7. The maximum absolute atomic E-state index is 12.1. The number of anilines is 1. The molecule has 0 radical (unpaired) electrons. The second-order valence-electron chi connectivity index (χ2n) is 5.57. The third kappa shape index (κ3) is 3.63. The third-order valence-electron chi connectivity index (χ3n) is 3.71. The molecule has 21 heavy (non-hydrogen) atoms. The second-order valence-corrected chi connectivity index (χ2v) is 5.57. The van der Waals surface area contributed by atoms with E-state index in [1.807, 2.05) is 61.5 Å². The molecule has 1 aliphatic carbocycles. The van der Waals surface area contributed by atoms with E-state index in [9.17, 15) is 4.79 Å². The Morgan fingerprint density at radius 3 is 2.38 bits per heavy atom. The van der Waals surface area contributed by atoms with Crippen LogP contribution in [0.4, 0.5) is 10.5 Å². The molecule has 2 aromatic carbocycles. The first-order chi connectivity index (χ1) is 10.2. The molecule has 0 aliphatic heterocycles. The van der Waals surface area contributed by atoms with Crippen molar-refractivity contribution in [2.24, 2.45) is 5.92 Å². The standard InChI is InChI=1S/C18H19NO2/c1-13-7-11-16(12-8-13)19-18(20)21-17(15-9-10-15)14-5-3-2-4-6-14/h2-8,11-12,15,17H,9-10H2,1H3,(H,19,20). The molecular weight excluding hydrogens is 262 g/mol. The van der Waals surface area contributed by atoms with Gasteiger partial charge >= 0.3 is 6.09 Å². The van der Waals surface area contributed by atoms with Gasteiger partial charge in [-0.1, -0.05) is 48.0 Å². The van der Waals surface area contributed by atoms with E-state index in [1.54, 1.807) is 0 Å². The van der Waals surface area contributed by atoms with Crippen LogP contribution >= 0.6 is 0 Å². The van der Waals surface area contributed by atoms with E-state index in [2.05, 4.69) is 5.32 Å². The van der Waals surface area contributed by atoms with Gasteiger partial charge in [0.2, 0.25) is 0 Å². The minimum absolute atomic E-state index is 0.142. The lowest BCUT2D eigenvalue weighted by Crippen LogP contribution is -2.18. The molecule has 1 aliphatic rings. The lowest BCUT2D eigenvalue weighted by molar-refractivity contribution is 0.0975. The summed E-state index contributed by atoms with van der Waals surface area (Å²) in [5.74, 6) is 0.455. The highest BCUT2D eigenvalue weighted by Gasteiger charge is 2.35. The zero-order chi connectivity index (χ0) is 14.7. The maximum atomic E-state index is 12.1. The molecule has 0 spiro atoms. The summed E-state index contributed by atoms with van der Waals surface area (Å²) in [5.41, 5.74) is 2.99. The van der Waals surface area contributed by atoms with E-state index in [4.69, 9.17) is 4.74 Å². The lowest BCUT2D eigenvalue weighted by Gasteiger charge is -2.18. The minimum Gasteiger partial charge on any atom is -0.441 e. The van der Waals surface area contributed by atoms with Crippen molar-refractivity contribution >= 4 is 11.8 Å². The van der Waals surface area contributed by atoms with Crippen molar-refractivity contribution < 1.29 is 9.53 Å². The third-order valence-corrected chi connectivity index (χ3v) is 3.71. The summed E-state index contributed by atoms with van der Waals surface area (Å²) in [7, 11) is 0.